The molecule has 21 N–H and O–H groups in total. The lowest BCUT2D eigenvalue weighted by Crippen LogP contribution is -2.33. The van der Waals surface area contributed by atoms with Gasteiger partial charge < -0.3 is 159 Å². The number of rotatable bonds is 41. The third-order valence-corrected chi connectivity index (χ3v) is 35.7. The lowest BCUT2D eigenvalue weighted by Gasteiger charge is -2.29. The van der Waals surface area contributed by atoms with Gasteiger partial charge in [0.2, 0.25) is 11.9 Å². The van der Waals surface area contributed by atoms with E-state index in [1.54, 1.807) is 11.5 Å². The number of nitrogens with one attached hydrogen (secondary N) is 4. The van der Waals surface area contributed by atoms with Gasteiger partial charge in [0.05, 0.1) is 114 Å². The number of hydrogen-bond donors (Lipinski definition) is 16. The number of H-pyrrole nitrogens is 4. The van der Waals surface area contributed by atoms with Gasteiger partial charge in [0.25, 0.3) is 22.2 Å². The normalized spacial score (nSPS) is 29.3. The van der Waals surface area contributed by atoms with Crippen molar-refractivity contribution in [2.75, 3.05) is 75.4 Å². The predicted molar refractivity (Wildman–Crippen MR) is 537 cm³/mol. The number of hydrogen-bond acceptors (Lipinski definition) is 51. The SMILES string of the molecule is CC[C@H]1O[C@@H](n2cnc3c(N)ncnc32)C[C@H]1OP(O)(=S)OC[C@H]1O[C@@H](n2cnc3c(=O)[nH]c(N)nc32)C[C@H]1OP(O)(=S)OC[C@H]1O[C@@H](n2cc(C)c(=O)[nH]c2=O)C[C@H]1OP(O)(=S)OC[C@H]1O[C@@H](n2cc(C)c(=O)[nH]c2=O)C[C@H]1OP(O)(=S)OC[C@H]1O[C@@H](n2cnc3c(=O)[nH]c(N)nc32)C[C@H]1OP(O)(=S)OC[C@H]1O[C@@H](n2cc(C)c(N)nc2=O)C[C@H]1OP(O)(=S)OC[C@H]1O[C@@H](n2cnc3c(N)ncnc32)C[C@H]1OP(O)(=S)OC. The quantitative estimate of drug-likeness (QED) is 0.0232. The molecule has 7 fully saturated rings. The van der Waals surface area contributed by atoms with Gasteiger partial charge in [-0.15, -0.1) is 0 Å². The van der Waals surface area contributed by atoms with Gasteiger partial charge >= 0.3 is 64.1 Å². The summed E-state index contributed by atoms with van der Waals surface area (Å²) in [5.41, 5.74) is 25.5. The Bertz CT molecular complexity index is 7740. The number of aromatic nitrogens is 22. The largest absolute Gasteiger partial charge is 0.383 e. The average molecular weight is 2340 g/mol. The fourth-order valence-electron chi connectivity index (χ4n) is 17.4. The molecule has 804 valence electrons. The van der Waals surface area contributed by atoms with Crippen molar-refractivity contribution < 1.29 is 131 Å². The number of fused-ring (bicyclic) bond motifs is 4. The van der Waals surface area contributed by atoms with Crippen molar-refractivity contribution >= 4 is 204 Å². The molecule has 0 amide bonds. The Hall–Kier alpha value is -7.53. The second kappa shape index (κ2) is 44.0. The summed E-state index contributed by atoms with van der Waals surface area (Å²) >= 11 is 39.1. The number of imidazole rings is 4. The molecule has 18 rings (SSSR count). The topological polar surface area (TPSA) is 824 Å². The van der Waals surface area contributed by atoms with Crippen molar-refractivity contribution in [3.05, 3.63) is 146 Å². The molecule has 11 aromatic rings. The maximum absolute atomic E-state index is 13.7. The van der Waals surface area contributed by atoms with Crippen LogP contribution in [0.25, 0.3) is 44.7 Å². The third kappa shape index (κ3) is 24.9. The predicted octanol–water partition coefficient (Wildman–Crippen LogP) is 0.509. The van der Waals surface area contributed by atoms with E-state index in [0.717, 1.165) is 20.8 Å². The summed E-state index contributed by atoms with van der Waals surface area (Å²) in [5, 5.41) is 0. The molecular weight excluding hydrogens is 2240 g/mol. The van der Waals surface area contributed by atoms with Gasteiger partial charge in [-0.25, -0.2) is 54.3 Å². The first-order valence-electron chi connectivity index (χ1n) is 44.3. The van der Waals surface area contributed by atoms with Gasteiger partial charge in [0, 0.05) is 87.3 Å². The third-order valence-electron chi connectivity index (χ3n) is 24.5. The highest BCUT2D eigenvalue weighted by Gasteiger charge is 2.52. The second-order valence-corrected chi connectivity index (χ2v) is 54.0. The molecule has 7 aliphatic heterocycles. The Labute approximate surface area is 865 Å². The van der Waals surface area contributed by atoms with Crippen LogP contribution in [0.5, 0.6) is 0 Å². The maximum atomic E-state index is 13.7. The zero-order valence-electron chi connectivity index (χ0n) is 77.2. The summed E-state index contributed by atoms with van der Waals surface area (Å²) < 4.78 is 138. The first kappa shape index (κ1) is 110. The van der Waals surface area contributed by atoms with Crippen molar-refractivity contribution in [2.45, 2.75) is 208 Å². The molecule has 76 heteroatoms. The van der Waals surface area contributed by atoms with Crippen LogP contribution in [0.4, 0.5) is 29.4 Å². The molecule has 0 bridgehead atoms. The van der Waals surface area contributed by atoms with Crippen molar-refractivity contribution in [3.8, 4) is 0 Å². The van der Waals surface area contributed by atoms with Crippen LogP contribution in [0, 0.1) is 20.8 Å². The van der Waals surface area contributed by atoms with E-state index in [1.807, 2.05) is 6.92 Å². The molecule has 0 saturated carbocycles. The minimum absolute atomic E-state index is 0.0231. The minimum Gasteiger partial charge on any atom is -0.383 e. The van der Waals surface area contributed by atoms with Crippen molar-refractivity contribution in [3.63, 3.8) is 0 Å². The standard InChI is InChI=1S/C72H94N27O35P7S7/c1-6-32-33(7-49(121-32)96-25-82-53-58(74)78-23-80-60(53)96)129-136(108,143)115-21-44-38(12-51(126-44)98-27-84-55-62(98)87-68(76)89-66(55)102)133-141(113,148)119-20-43-36(9-47(124-43)94-15-30(3)64(100)91-71(94)105)131-138(110,145)117-19-42-37(10-48(123-42)95-16-31(4)65(101)92-72(95)106)132-139(111,146)120-22-45-39(13-52(127-45)99-28-85-56-63(99)88-69(77)90-67(56)103)134-140(112,147)118-18-41-35(8-46(122-41)93-14-29(2)57(73)86-70(93)104)130-137(109,144)116-17-40-34(128-135(107,142)114-5)11-50(125-40)97-26-83-54-59(75)79-24-81-61(54)97/h14-16,23-28,32-52H,6-13,17-22H2,1-5H3,(H,107,142)(H,108,143)(H,109,144)(H,110,145)(H,111,146)(H,112,147)(H,113,148)(H2,73,86,104)(H2,74,78,80)(H2,75,79,81)(H,91,100,105)(H,92,101,106)(H3,76,87,89,102)(H3,77,88,90,103)/t32-,33-,34-,35-,36-,37-,38-,39-,40-,41-,42-,43-,44-,45-,46-,47-,48-,49-,50-,51-,52-,135?,136?,137?,138?,139?,140?,141?/m1/s1. The average Bonchev–Trinajstić information content (AvgIpc) is 1.63. The highest BCUT2D eigenvalue weighted by Crippen LogP contribution is 2.59. The van der Waals surface area contributed by atoms with E-state index < -0.39 is 268 Å². The molecular formula is C72H94N27O35P7S7. The van der Waals surface area contributed by atoms with Crippen LogP contribution in [0.15, 0.2) is 90.1 Å². The summed E-state index contributed by atoms with van der Waals surface area (Å²) in [6, 6.07) is 0. The maximum Gasteiger partial charge on any atom is 0.351 e. The molecule has 62 nitrogen and oxygen atoms in total. The molecule has 7 aliphatic rings. The number of nitrogens with two attached hydrogens (primary N) is 5. The second-order valence-electron chi connectivity index (χ2n) is 34.4. The van der Waals surface area contributed by atoms with Crippen molar-refractivity contribution in [2.24, 2.45) is 0 Å². The van der Waals surface area contributed by atoms with E-state index >= 15 is 0 Å². The number of aromatic amines is 4. The number of nitrogens with zero attached hydrogens (tertiary/aromatic N) is 18. The van der Waals surface area contributed by atoms with E-state index in [-0.39, 0.29) is 106 Å². The zero-order valence-corrected chi connectivity index (χ0v) is 89.2. The van der Waals surface area contributed by atoms with Gasteiger partial charge in [-0.2, -0.15) is 15.0 Å². The molecule has 0 spiro atoms. The molecule has 0 radical (unpaired) electrons. The van der Waals surface area contributed by atoms with Gasteiger partial charge in [-0.1, -0.05) is 6.92 Å². The van der Waals surface area contributed by atoms with Crippen LogP contribution < -0.4 is 68.0 Å². The van der Waals surface area contributed by atoms with Crippen LogP contribution in [0.3, 0.4) is 0 Å². The molecule has 0 aliphatic carbocycles. The molecule has 7 saturated heterocycles. The Morgan fingerprint density at radius 1 is 0.331 bits per heavy atom. The van der Waals surface area contributed by atoms with E-state index in [4.69, 9.17) is 208 Å². The van der Waals surface area contributed by atoms with Crippen molar-refractivity contribution in [1.82, 2.24) is 107 Å². The lowest BCUT2D eigenvalue weighted by molar-refractivity contribution is -0.0575. The van der Waals surface area contributed by atoms with Gasteiger partial charge in [0.15, 0.2) is 45.3 Å². The fraction of sp³-hybridized carbons (Fsp3) is 0.556. The summed E-state index contributed by atoms with van der Waals surface area (Å²) in [5.74, 6) is -0.501. The van der Waals surface area contributed by atoms with Gasteiger partial charge in [0.1, 0.15) is 110 Å². The molecule has 11 aromatic heterocycles. The molecule has 148 heavy (non-hydrogen) atoms. The highest BCUT2D eigenvalue weighted by atomic mass is 32.5. The molecule has 28 atom stereocenters. The van der Waals surface area contributed by atoms with Crippen molar-refractivity contribution in [1.29, 1.82) is 0 Å². The number of aryl methyl sites for hydroxylation is 3. The molecule has 7 unspecified atom stereocenters. The molecule has 0 aromatic carbocycles. The van der Waals surface area contributed by atoms with E-state index in [2.05, 4.69) is 74.8 Å². The first-order valence-corrected chi connectivity index (χ1v) is 62.4. The van der Waals surface area contributed by atoms with Crippen LogP contribution in [0.2, 0.25) is 0 Å². The monoisotopic (exact) mass is 2340 g/mol. The van der Waals surface area contributed by atoms with Crippen LogP contribution in [-0.2, 0) is 179 Å². The van der Waals surface area contributed by atoms with Gasteiger partial charge in [-0.05, 0) is 110 Å². The van der Waals surface area contributed by atoms with E-state index in [9.17, 15) is 67.8 Å². The lowest BCUT2D eigenvalue weighted by atomic mass is 10.1. The Morgan fingerprint density at radius 3 is 0.899 bits per heavy atom. The first-order chi connectivity index (χ1) is 69.9. The Balaban J connectivity index is 0.560. The van der Waals surface area contributed by atoms with Gasteiger partial charge in [-0.3, -0.25) is 71.1 Å². The summed E-state index contributed by atoms with van der Waals surface area (Å²) in [7, 11) is 1.14. The Morgan fingerprint density at radius 2 is 0.595 bits per heavy atom. The molecule has 18 heterocycles. The van der Waals surface area contributed by atoms with E-state index in [0.29, 0.717) is 23.1 Å². The fourth-order valence-corrected chi connectivity index (χ4v) is 27.2. The van der Waals surface area contributed by atoms with E-state index in [1.165, 1.54) is 84.1 Å². The number of anilines is 5. The smallest absolute Gasteiger partial charge is 0.351 e. The summed E-state index contributed by atoms with van der Waals surface area (Å²) in [4.78, 5) is 231. The zero-order chi connectivity index (χ0) is 106. The summed E-state index contributed by atoms with van der Waals surface area (Å²) in [6.07, 6.45) is -16.3. The summed E-state index contributed by atoms with van der Waals surface area (Å²) in [6.45, 7) is -30.0. The van der Waals surface area contributed by atoms with Crippen LogP contribution >= 0.6 is 47.0 Å². The van der Waals surface area contributed by atoms with Crippen LogP contribution in [-0.4, -0.2) is 273 Å². The highest BCUT2D eigenvalue weighted by molar-refractivity contribution is 8.09. The number of nitrogen functional groups attached to an aromatic ring is 5. The minimum atomic E-state index is -4.79. The number of ether oxygens (including phenoxy) is 7. The van der Waals surface area contributed by atoms with Crippen LogP contribution in [0.1, 0.15) is 119 Å². The Kier molecular flexibility index (Phi) is 32.8.